The van der Waals surface area contributed by atoms with Gasteiger partial charge in [-0.1, -0.05) is 6.07 Å². The molecule has 21 heavy (non-hydrogen) atoms. The molecule has 0 saturated carbocycles. The zero-order chi connectivity index (χ0) is 14.7. The third-order valence-corrected chi connectivity index (χ3v) is 3.25. The van der Waals surface area contributed by atoms with Crippen LogP contribution >= 0.6 is 15.9 Å². The van der Waals surface area contributed by atoms with Crippen LogP contribution in [0.15, 0.2) is 65.5 Å². The molecule has 0 radical (unpaired) electrons. The molecule has 2 heterocycles. The molecule has 0 unspecified atom stereocenters. The molecule has 5 nitrogen and oxygen atoms in total. The molecule has 0 atom stereocenters. The Balaban J connectivity index is 1.74. The van der Waals surface area contributed by atoms with Crippen LogP contribution in [-0.2, 0) is 0 Å². The van der Waals surface area contributed by atoms with Crippen molar-refractivity contribution in [2.24, 2.45) is 0 Å². The topological polar surface area (TPSA) is 59.8 Å². The number of benzene rings is 1. The third kappa shape index (κ3) is 3.17. The quantitative estimate of drug-likeness (QED) is 0.794. The fraction of sp³-hybridized carbons (Fsp3) is 0. The minimum atomic E-state index is -0.231. The predicted octanol–water partition coefficient (Wildman–Crippen LogP) is 3.28. The van der Waals surface area contributed by atoms with Crippen LogP contribution in [0.3, 0.4) is 0 Å². The standard InChI is InChI=1S/C15H11BrN4O/c16-11-9-18-20(10-11)13-6-4-12(5-7-13)19-15(21)14-3-1-2-8-17-14/h1-10H,(H,19,21). The predicted molar refractivity (Wildman–Crippen MR) is 83.5 cm³/mol. The van der Waals surface area contributed by atoms with E-state index in [0.717, 1.165) is 10.2 Å². The first-order valence-electron chi connectivity index (χ1n) is 6.25. The lowest BCUT2D eigenvalue weighted by molar-refractivity contribution is 0.102. The highest BCUT2D eigenvalue weighted by atomic mass is 79.9. The molecule has 1 N–H and O–H groups in total. The van der Waals surface area contributed by atoms with Gasteiger partial charge in [-0.3, -0.25) is 9.78 Å². The Bertz CT molecular complexity index is 753. The highest BCUT2D eigenvalue weighted by Crippen LogP contribution is 2.16. The minimum absolute atomic E-state index is 0.231. The number of nitrogens with zero attached hydrogens (tertiary/aromatic N) is 3. The van der Waals surface area contributed by atoms with E-state index in [0.29, 0.717) is 11.4 Å². The van der Waals surface area contributed by atoms with Crippen molar-refractivity contribution in [1.29, 1.82) is 0 Å². The molecule has 0 fully saturated rings. The highest BCUT2D eigenvalue weighted by molar-refractivity contribution is 9.10. The highest BCUT2D eigenvalue weighted by Gasteiger charge is 2.06. The first-order chi connectivity index (χ1) is 10.2. The van der Waals surface area contributed by atoms with Gasteiger partial charge in [0.15, 0.2) is 0 Å². The Morgan fingerprint density at radius 2 is 1.95 bits per heavy atom. The normalized spacial score (nSPS) is 10.3. The maximum absolute atomic E-state index is 12.0. The maximum Gasteiger partial charge on any atom is 0.274 e. The summed E-state index contributed by atoms with van der Waals surface area (Å²) < 4.78 is 2.66. The smallest absolute Gasteiger partial charge is 0.274 e. The lowest BCUT2D eigenvalue weighted by atomic mass is 10.2. The van der Waals surface area contributed by atoms with Crippen LogP contribution in [0, 0.1) is 0 Å². The second kappa shape index (κ2) is 5.88. The molecular weight excluding hydrogens is 332 g/mol. The van der Waals surface area contributed by atoms with Crippen molar-refractivity contribution in [1.82, 2.24) is 14.8 Å². The van der Waals surface area contributed by atoms with Crippen molar-refractivity contribution in [3.63, 3.8) is 0 Å². The Morgan fingerprint density at radius 3 is 2.57 bits per heavy atom. The summed E-state index contributed by atoms with van der Waals surface area (Å²) in [6, 6.07) is 12.6. The van der Waals surface area contributed by atoms with Crippen LogP contribution in [-0.4, -0.2) is 20.7 Å². The van der Waals surface area contributed by atoms with Gasteiger partial charge >= 0.3 is 0 Å². The lowest BCUT2D eigenvalue weighted by Crippen LogP contribution is -2.13. The van der Waals surface area contributed by atoms with Crippen LogP contribution in [0.2, 0.25) is 0 Å². The number of carbonyl (C=O) groups excluding carboxylic acids is 1. The number of rotatable bonds is 3. The summed E-state index contributed by atoms with van der Waals surface area (Å²) in [6.45, 7) is 0. The summed E-state index contributed by atoms with van der Waals surface area (Å²) in [6.07, 6.45) is 5.17. The van der Waals surface area contributed by atoms with Crippen molar-refractivity contribution >= 4 is 27.5 Å². The number of hydrogen-bond donors (Lipinski definition) is 1. The molecule has 0 aliphatic carbocycles. The zero-order valence-corrected chi connectivity index (χ0v) is 12.5. The fourth-order valence-corrected chi connectivity index (χ4v) is 2.12. The molecule has 6 heteroatoms. The number of aromatic nitrogens is 3. The number of carbonyl (C=O) groups is 1. The number of anilines is 1. The average molecular weight is 343 g/mol. The summed E-state index contributed by atoms with van der Waals surface area (Å²) in [5, 5.41) is 7.00. The zero-order valence-electron chi connectivity index (χ0n) is 10.9. The number of nitrogens with one attached hydrogen (secondary N) is 1. The number of amides is 1. The van der Waals surface area contributed by atoms with E-state index in [1.807, 2.05) is 30.5 Å². The largest absolute Gasteiger partial charge is 0.321 e. The molecule has 0 aliphatic heterocycles. The molecular formula is C15H11BrN4O. The van der Waals surface area contributed by atoms with Gasteiger partial charge in [0, 0.05) is 18.1 Å². The van der Waals surface area contributed by atoms with Gasteiger partial charge in [-0.05, 0) is 52.3 Å². The molecule has 1 aromatic carbocycles. The summed E-state index contributed by atoms with van der Waals surface area (Å²) in [4.78, 5) is 16.0. The third-order valence-electron chi connectivity index (χ3n) is 2.84. The van der Waals surface area contributed by atoms with Gasteiger partial charge in [0.1, 0.15) is 5.69 Å². The van der Waals surface area contributed by atoms with E-state index in [9.17, 15) is 4.79 Å². The minimum Gasteiger partial charge on any atom is -0.321 e. The molecule has 0 aliphatic rings. The average Bonchev–Trinajstić information content (AvgIpc) is 2.95. The summed E-state index contributed by atoms with van der Waals surface area (Å²) >= 11 is 3.36. The van der Waals surface area contributed by atoms with E-state index in [2.05, 4.69) is 31.3 Å². The molecule has 0 bridgehead atoms. The van der Waals surface area contributed by atoms with Crippen molar-refractivity contribution in [3.8, 4) is 5.69 Å². The van der Waals surface area contributed by atoms with Crippen molar-refractivity contribution in [3.05, 3.63) is 71.2 Å². The van der Waals surface area contributed by atoms with Gasteiger partial charge in [-0.2, -0.15) is 5.10 Å². The van der Waals surface area contributed by atoms with Crippen LogP contribution < -0.4 is 5.32 Å². The molecule has 0 saturated heterocycles. The van der Waals surface area contributed by atoms with Gasteiger partial charge in [-0.15, -0.1) is 0 Å². The van der Waals surface area contributed by atoms with Crippen LogP contribution in [0.1, 0.15) is 10.5 Å². The van der Waals surface area contributed by atoms with Gasteiger partial charge in [0.2, 0.25) is 0 Å². The Hall–Kier alpha value is -2.47. The first-order valence-corrected chi connectivity index (χ1v) is 7.05. The second-order valence-electron chi connectivity index (χ2n) is 4.32. The molecule has 2 aromatic heterocycles. The van der Waals surface area contributed by atoms with E-state index < -0.39 is 0 Å². The van der Waals surface area contributed by atoms with E-state index in [1.165, 1.54) is 0 Å². The van der Waals surface area contributed by atoms with Gasteiger partial charge in [-0.25, -0.2) is 4.68 Å². The summed E-state index contributed by atoms with van der Waals surface area (Å²) in [5.74, 6) is -0.231. The Morgan fingerprint density at radius 1 is 1.14 bits per heavy atom. The number of hydrogen-bond acceptors (Lipinski definition) is 3. The van der Waals surface area contributed by atoms with Crippen molar-refractivity contribution in [2.45, 2.75) is 0 Å². The van der Waals surface area contributed by atoms with E-state index in [-0.39, 0.29) is 5.91 Å². The maximum atomic E-state index is 12.0. The van der Waals surface area contributed by atoms with Crippen molar-refractivity contribution in [2.75, 3.05) is 5.32 Å². The first kappa shape index (κ1) is 13.5. The summed E-state index contributed by atoms with van der Waals surface area (Å²) in [5.41, 5.74) is 2.01. The van der Waals surface area contributed by atoms with E-state index in [1.54, 1.807) is 35.3 Å². The molecule has 1 amide bonds. The van der Waals surface area contributed by atoms with Crippen molar-refractivity contribution < 1.29 is 4.79 Å². The number of halogens is 1. The van der Waals surface area contributed by atoms with E-state index >= 15 is 0 Å². The SMILES string of the molecule is O=C(Nc1ccc(-n2cc(Br)cn2)cc1)c1ccccn1. The molecule has 104 valence electrons. The lowest BCUT2D eigenvalue weighted by Gasteiger charge is -2.06. The van der Waals surface area contributed by atoms with Crippen LogP contribution in [0.4, 0.5) is 5.69 Å². The van der Waals surface area contributed by atoms with Gasteiger partial charge in [0.05, 0.1) is 16.4 Å². The Kier molecular flexibility index (Phi) is 3.79. The molecule has 3 aromatic rings. The van der Waals surface area contributed by atoms with Crippen LogP contribution in [0.25, 0.3) is 5.69 Å². The van der Waals surface area contributed by atoms with Gasteiger partial charge < -0.3 is 5.32 Å². The Labute approximate surface area is 129 Å². The fourth-order valence-electron chi connectivity index (χ4n) is 1.83. The van der Waals surface area contributed by atoms with E-state index in [4.69, 9.17) is 0 Å². The summed E-state index contributed by atoms with van der Waals surface area (Å²) in [7, 11) is 0. The second-order valence-corrected chi connectivity index (χ2v) is 5.23. The van der Waals surface area contributed by atoms with Crippen LogP contribution in [0.5, 0.6) is 0 Å². The molecule has 3 rings (SSSR count). The van der Waals surface area contributed by atoms with Gasteiger partial charge in [0.25, 0.3) is 5.91 Å². The molecule has 0 spiro atoms. The monoisotopic (exact) mass is 342 g/mol. The number of pyridine rings is 1.